The van der Waals surface area contributed by atoms with Crippen LogP contribution in [0.15, 0.2) is 18.2 Å². The molecular weight excluding hydrogens is 244 g/mol. The molecule has 0 N–H and O–H groups in total. The molecule has 0 aliphatic heterocycles. The van der Waals surface area contributed by atoms with E-state index in [9.17, 15) is 9.59 Å². The number of alkyl halides is 1. The van der Waals surface area contributed by atoms with Crippen LogP contribution in [-0.4, -0.2) is 12.1 Å². The highest BCUT2D eigenvalue weighted by Gasteiger charge is 2.13. The van der Waals surface area contributed by atoms with Crippen molar-refractivity contribution in [2.24, 2.45) is 0 Å². The van der Waals surface area contributed by atoms with Gasteiger partial charge in [-0.2, -0.15) is 0 Å². The van der Waals surface area contributed by atoms with Gasteiger partial charge in [0, 0.05) is 5.56 Å². The lowest BCUT2D eigenvalue weighted by molar-refractivity contribution is -0.116. The summed E-state index contributed by atoms with van der Waals surface area (Å²) in [6.07, 6.45) is 0.804. The van der Waals surface area contributed by atoms with Crippen LogP contribution in [0.2, 0.25) is 0 Å². The summed E-state index contributed by atoms with van der Waals surface area (Å²) in [5.41, 5.74) is 2.38. The molecule has 14 heavy (non-hydrogen) atoms. The first kappa shape index (κ1) is 11.1. The molecule has 0 aromatic heterocycles. The number of rotatable bonds is 3. The number of halogens is 1. The average molecular weight is 255 g/mol. The molecule has 0 heterocycles. The van der Waals surface area contributed by atoms with E-state index in [1.54, 1.807) is 6.07 Å². The third kappa shape index (κ3) is 2.29. The van der Waals surface area contributed by atoms with Crippen molar-refractivity contribution >= 4 is 28.0 Å². The number of ketones is 1. The first-order valence-corrected chi connectivity index (χ1v) is 5.18. The molecule has 0 saturated heterocycles. The average Bonchev–Trinajstić information content (AvgIpc) is 2.17. The fourth-order valence-electron chi connectivity index (χ4n) is 1.18. The number of benzene rings is 1. The zero-order valence-corrected chi connectivity index (χ0v) is 9.67. The molecule has 2 nitrogen and oxygen atoms in total. The Morgan fingerprint density at radius 3 is 2.64 bits per heavy atom. The molecule has 1 rings (SSSR count). The van der Waals surface area contributed by atoms with Gasteiger partial charge >= 0.3 is 0 Å². The second kappa shape index (κ2) is 4.51. The van der Waals surface area contributed by atoms with Gasteiger partial charge in [-0.3, -0.25) is 9.59 Å². The Hall–Kier alpha value is -0.960. The van der Waals surface area contributed by atoms with Crippen LogP contribution in [0.1, 0.15) is 33.2 Å². The highest BCUT2D eigenvalue weighted by Crippen LogP contribution is 2.25. The van der Waals surface area contributed by atoms with E-state index >= 15 is 0 Å². The lowest BCUT2D eigenvalue weighted by Crippen LogP contribution is -2.02. The standard InChI is InChI=1S/C11H11BrO2/c1-7-3-4-9(5-10(7)6-13)11(12)8(2)14/h3-6,11H,1-2H3. The summed E-state index contributed by atoms with van der Waals surface area (Å²) in [7, 11) is 0. The Bertz CT molecular complexity index is 372. The normalized spacial score (nSPS) is 12.2. The first-order chi connectivity index (χ1) is 6.56. The Labute approximate surface area is 91.4 Å². The summed E-state index contributed by atoms with van der Waals surface area (Å²) >= 11 is 3.27. The first-order valence-electron chi connectivity index (χ1n) is 4.26. The van der Waals surface area contributed by atoms with E-state index in [0.29, 0.717) is 5.56 Å². The minimum absolute atomic E-state index is 0.0331. The molecule has 0 fully saturated rings. The number of hydrogen-bond acceptors (Lipinski definition) is 2. The van der Waals surface area contributed by atoms with Gasteiger partial charge in [0.2, 0.25) is 0 Å². The quantitative estimate of drug-likeness (QED) is 0.614. The zero-order valence-electron chi connectivity index (χ0n) is 8.08. The van der Waals surface area contributed by atoms with Crippen LogP contribution in [0, 0.1) is 6.92 Å². The highest BCUT2D eigenvalue weighted by molar-refractivity contribution is 9.09. The Kier molecular flexibility index (Phi) is 3.58. The van der Waals surface area contributed by atoms with E-state index in [1.165, 1.54) is 6.92 Å². The maximum Gasteiger partial charge on any atom is 0.150 e. The van der Waals surface area contributed by atoms with Crippen LogP contribution >= 0.6 is 15.9 Å². The summed E-state index contributed by atoms with van der Waals surface area (Å²) in [5.74, 6) is 0.0331. The van der Waals surface area contributed by atoms with Crippen molar-refractivity contribution < 1.29 is 9.59 Å². The fraction of sp³-hybridized carbons (Fsp3) is 0.273. The van der Waals surface area contributed by atoms with Crippen molar-refractivity contribution in [3.05, 3.63) is 34.9 Å². The minimum atomic E-state index is -0.318. The summed E-state index contributed by atoms with van der Waals surface area (Å²) in [4.78, 5) is 21.4. The van der Waals surface area contributed by atoms with Gasteiger partial charge in [-0.25, -0.2) is 0 Å². The number of carbonyl (C=O) groups excluding carboxylic acids is 2. The molecule has 1 aromatic rings. The van der Waals surface area contributed by atoms with Crippen molar-refractivity contribution in [1.82, 2.24) is 0 Å². The molecular formula is C11H11BrO2. The molecule has 0 radical (unpaired) electrons. The van der Waals surface area contributed by atoms with Crippen LogP contribution in [0.3, 0.4) is 0 Å². The van der Waals surface area contributed by atoms with Gasteiger partial charge in [0.15, 0.2) is 0 Å². The van der Waals surface area contributed by atoms with Gasteiger partial charge in [0.1, 0.15) is 12.1 Å². The van der Waals surface area contributed by atoms with E-state index in [2.05, 4.69) is 15.9 Å². The molecule has 74 valence electrons. The van der Waals surface area contributed by atoms with Crippen molar-refractivity contribution in [2.75, 3.05) is 0 Å². The smallest absolute Gasteiger partial charge is 0.150 e. The van der Waals surface area contributed by atoms with Gasteiger partial charge < -0.3 is 0 Å². The molecule has 0 aliphatic carbocycles. The van der Waals surface area contributed by atoms with Crippen LogP contribution in [-0.2, 0) is 4.79 Å². The fourth-order valence-corrected chi connectivity index (χ4v) is 1.46. The number of carbonyl (C=O) groups is 2. The highest BCUT2D eigenvalue weighted by atomic mass is 79.9. The Morgan fingerprint density at radius 1 is 1.50 bits per heavy atom. The Balaban J connectivity index is 3.12. The molecule has 0 saturated carbocycles. The molecule has 1 atom stereocenters. The summed E-state index contributed by atoms with van der Waals surface area (Å²) in [6.45, 7) is 3.38. The minimum Gasteiger partial charge on any atom is -0.298 e. The summed E-state index contributed by atoms with van der Waals surface area (Å²) in [6, 6.07) is 5.43. The molecule has 0 amide bonds. The van der Waals surface area contributed by atoms with E-state index < -0.39 is 0 Å². The van der Waals surface area contributed by atoms with Crippen LogP contribution in [0.4, 0.5) is 0 Å². The van der Waals surface area contributed by atoms with Crippen molar-refractivity contribution in [1.29, 1.82) is 0 Å². The predicted octanol–water partition coefficient (Wildman–Crippen LogP) is 2.83. The van der Waals surface area contributed by atoms with Gasteiger partial charge in [0.25, 0.3) is 0 Å². The maximum atomic E-state index is 11.1. The largest absolute Gasteiger partial charge is 0.298 e. The van der Waals surface area contributed by atoms with Crippen LogP contribution < -0.4 is 0 Å². The molecule has 0 bridgehead atoms. The van der Waals surface area contributed by atoms with Crippen molar-refractivity contribution in [3.8, 4) is 0 Å². The predicted molar refractivity (Wildman–Crippen MR) is 58.9 cm³/mol. The van der Waals surface area contributed by atoms with E-state index in [1.807, 2.05) is 19.1 Å². The summed E-state index contributed by atoms with van der Waals surface area (Å²) in [5, 5.41) is 0. The lowest BCUT2D eigenvalue weighted by atomic mass is 10.0. The van der Waals surface area contributed by atoms with E-state index in [0.717, 1.165) is 17.4 Å². The van der Waals surface area contributed by atoms with Crippen molar-refractivity contribution in [3.63, 3.8) is 0 Å². The third-order valence-electron chi connectivity index (χ3n) is 2.08. The van der Waals surface area contributed by atoms with Crippen molar-refractivity contribution in [2.45, 2.75) is 18.7 Å². The van der Waals surface area contributed by atoms with Crippen LogP contribution in [0.5, 0.6) is 0 Å². The molecule has 1 unspecified atom stereocenters. The lowest BCUT2D eigenvalue weighted by Gasteiger charge is -2.07. The van der Waals surface area contributed by atoms with E-state index in [4.69, 9.17) is 0 Å². The van der Waals surface area contributed by atoms with E-state index in [-0.39, 0.29) is 10.6 Å². The molecule has 1 aromatic carbocycles. The van der Waals surface area contributed by atoms with Gasteiger partial charge in [-0.05, 0) is 31.0 Å². The zero-order chi connectivity index (χ0) is 10.7. The van der Waals surface area contributed by atoms with Gasteiger partial charge in [-0.1, -0.05) is 28.1 Å². The SMILES string of the molecule is CC(=O)C(Br)c1ccc(C)c(C=O)c1. The molecule has 3 heteroatoms. The number of aldehydes is 1. The molecule has 0 aliphatic rings. The topological polar surface area (TPSA) is 34.1 Å². The Morgan fingerprint density at radius 2 is 2.14 bits per heavy atom. The third-order valence-corrected chi connectivity index (χ3v) is 3.25. The summed E-state index contributed by atoms with van der Waals surface area (Å²) < 4.78 is 0. The number of hydrogen-bond donors (Lipinski definition) is 0. The number of Topliss-reactive ketones (excluding diaryl/α,β-unsaturated/α-hetero) is 1. The van der Waals surface area contributed by atoms with Gasteiger partial charge in [0.05, 0.1) is 4.83 Å². The second-order valence-corrected chi connectivity index (χ2v) is 4.12. The molecule has 0 spiro atoms. The maximum absolute atomic E-state index is 11.1. The number of aryl methyl sites for hydroxylation is 1. The second-order valence-electron chi connectivity index (χ2n) is 3.21. The van der Waals surface area contributed by atoms with Crippen LogP contribution in [0.25, 0.3) is 0 Å². The monoisotopic (exact) mass is 254 g/mol. The van der Waals surface area contributed by atoms with Gasteiger partial charge in [-0.15, -0.1) is 0 Å².